The van der Waals surface area contributed by atoms with Crippen molar-refractivity contribution in [3.8, 4) is 22.3 Å². The standard InChI is InChI=1S/C34H26F6N2O2S/c35-33(36,37)27-18-25(19-28(20-27)45(43,44)42-14-4-5-15-42)23-10-6-11-24(17-23)31-26(16-22-8-2-1-3-9-22)21-41-32-29(31)12-7-13-30(32)34(38,39)40/h1-3,6-13,17-21H,4-5,14-16H2. The van der Waals surface area contributed by atoms with Crippen molar-refractivity contribution in [2.45, 2.75) is 36.5 Å². The number of nitrogens with zero attached hydrogens (tertiary/aromatic N) is 2. The molecule has 0 bridgehead atoms. The van der Waals surface area contributed by atoms with E-state index in [1.807, 2.05) is 30.3 Å². The van der Waals surface area contributed by atoms with Crippen LogP contribution in [-0.2, 0) is 28.8 Å². The van der Waals surface area contributed by atoms with Crippen LogP contribution in [0.1, 0.15) is 35.1 Å². The number of rotatable bonds is 6. The lowest BCUT2D eigenvalue weighted by molar-refractivity contribution is -0.138. The summed E-state index contributed by atoms with van der Waals surface area (Å²) in [7, 11) is -4.18. The van der Waals surface area contributed by atoms with E-state index in [4.69, 9.17) is 0 Å². The van der Waals surface area contributed by atoms with Gasteiger partial charge in [-0.3, -0.25) is 4.98 Å². The Bertz CT molecular complexity index is 1980. The van der Waals surface area contributed by atoms with Crippen LogP contribution < -0.4 is 0 Å². The van der Waals surface area contributed by atoms with Crippen LogP contribution in [0.5, 0.6) is 0 Å². The number of para-hydroxylation sites is 1. The fraction of sp³-hybridized carbons (Fsp3) is 0.206. The molecule has 4 aromatic carbocycles. The molecule has 0 unspecified atom stereocenters. The van der Waals surface area contributed by atoms with Crippen molar-refractivity contribution in [1.29, 1.82) is 0 Å². The highest BCUT2D eigenvalue weighted by molar-refractivity contribution is 7.89. The quantitative estimate of drug-likeness (QED) is 0.174. The molecular weight excluding hydrogens is 614 g/mol. The zero-order valence-electron chi connectivity index (χ0n) is 23.7. The number of halogens is 6. The second kappa shape index (κ2) is 11.6. The molecule has 5 aromatic rings. The summed E-state index contributed by atoms with van der Waals surface area (Å²) in [6, 6.07) is 22.2. The third-order valence-electron chi connectivity index (χ3n) is 7.94. The van der Waals surface area contributed by atoms with E-state index >= 15 is 0 Å². The van der Waals surface area contributed by atoms with Gasteiger partial charge in [-0.2, -0.15) is 30.6 Å². The first kappa shape index (κ1) is 30.8. The minimum Gasteiger partial charge on any atom is -0.255 e. The number of sulfonamides is 1. The molecular formula is C34H26F6N2O2S. The molecule has 1 fully saturated rings. The predicted molar refractivity (Wildman–Crippen MR) is 160 cm³/mol. The van der Waals surface area contributed by atoms with Crippen molar-refractivity contribution < 1.29 is 34.8 Å². The summed E-state index contributed by atoms with van der Waals surface area (Å²) >= 11 is 0. The maximum atomic E-state index is 14.0. The normalized spacial score (nSPS) is 14.7. The maximum Gasteiger partial charge on any atom is 0.418 e. The van der Waals surface area contributed by atoms with E-state index in [0.29, 0.717) is 42.0 Å². The maximum absolute atomic E-state index is 14.0. The smallest absolute Gasteiger partial charge is 0.255 e. The van der Waals surface area contributed by atoms with Gasteiger partial charge in [-0.15, -0.1) is 0 Å². The van der Waals surface area contributed by atoms with Crippen LogP contribution in [0.2, 0.25) is 0 Å². The molecule has 0 radical (unpaired) electrons. The molecule has 0 saturated carbocycles. The topological polar surface area (TPSA) is 50.3 Å². The van der Waals surface area contributed by atoms with E-state index in [1.54, 1.807) is 30.3 Å². The Balaban J connectivity index is 1.55. The van der Waals surface area contributed by atoms with E-state index in [1.165, 1.54) is 22.6 Å². The van der Waals surface area contributed by atoms with E-state index in [0.717, 1.165) is 17.7 Å². The number of hydrogen-bond donors (Lipinski definition) is 0. The van der Waals surface area contributed by atoms with Gasteiger partial charge < -0.3 is 0 Å². The van der Waals surface area contributed by atoms with Gasteiger partial charge in [-0.05, 0) is 83.0 Å². The largest absolute Gasteiger partial charge is 0.418 e. The molecule has 0 aliphatic carbocycles. The van der Waals surface area contributed by atoms with Crippen molar-refractivity contribution in [2.24, 2.45) is 0 Å². The zero-order chi connectivity index (χ0) is 32.0. The van der Waals surface area contributed by atoms with Crippen molar-refractivity contribution in [1.82, 2.24) is 9.29 Å². The minimum absolute atomic E-state index is 0.0170. The van der Waals surface area contributed by atoms with Crippen LogP contribution in [0, 0.1) is 0 Å². The van der Waals surface area contributed by atoms with E-state index < -0.39 is 38.4 Å². The second-order valence-electron chi connectivity index (χ2n) is 11.0. The number of fused-ring (bicyclic) bond motifs is 1. The fourth-order valence-electron chi connectivity index (χ4n) is 5.79. The van der Waals surface area contributed by atoms with Crippen LogP contribution in [-0.4, -0.2) is 30.8 Å². The molecule has 0 atom stereocenters. The summed E-state index contributed by atoms with van der Waals surface area (Å²) in [6.45, 7) is 0.450. The molecule has 232 valence electrons. The molecule has 1 saturated heterocycles. The highest BCUT2D eigenvalue weighted by Gasteiger charge is 2.36. The van der Waals surface area contributed by atoms with Crippen LogP contribution in [0.25, 0.3) is 33.2 Å². The van der Waals surface area contributed by atoms with Gasteiger partial charge in [0.15, 0.2) is 0 Å². The van der Waals surface area contributed by atoms with Crippen molar-refractivity contribution in [2.75, 3.05) is 13.1 Å². The molecule has 2 heterocycles. The lowest BCUT2D eigenvalue weighted by atomic mass is 9.90. The van der Waals surface area contributed by atoms with Crippen LogP contribution in [0.3, 0.4) is 0 Å². The number of pyridine rings is 1. The van der Waals surface area contributed by atoms with Gasteiger partial charge in [-0.1, -0.05) is 60.7 Å². The fourth-order valence-corrected chi connectivity index (χ4v) is 7.38. The van der Waals surface area contributed by atoms with Gasteiger partial charge in [0.2, 0.25) is 10.0 Å². The summed E-state index contributed by atoms with van der Waals surface area (Å²) in [4.78, 5) is 3.74. The van der Waals surface area contributed by atoms with Crippen LogP contribution in [0.4, 0.5) is 26.3 Å². The van der Waals surface area contributed by atoms with Crippen LogP contribution in [0.15, 0.2) is 102 Å². The number of benzene rings is 4. The summed E-state index contributed by atoms with van der Waals surface area (Å²) in [5, 5.41) is 0.233. The Morgan fingerprint density at radius 3 is 2.09 bits per heavy atom. The average Bonchev–Trinajstić information content (AvgIpc) is 3.56. The molecule has 0 N–H and O–H groups in total. The highest BCUT2D eigenvalue weighted by atomic mass is 32.2. The Morgan fingerprint density at radius 2 is 1.40 bits per heavy atom. The summed E-state index contributed by atoms with van der Waals surface area (Å²) in [6.07, 6.45) is -6.51. The van der Waals surface area contributed by atoms with Gasteiger partial charge >= 0.3 is 12.4 Å². The first-order valence-corrected chi connectivity index (χ1v) is 15.6. The summed E-state index contributed by atoms with van der Waals surface area (Å²) in [5.74, 6) is 0. The van der Waals surface area contributed by atoms with Crippen molar-refractivity contribution in [3.63, 3.8) is 0 Å². The summed E-state index contributed by atoms with van der Waals surface area (Å²) < 4.78 is 112. The lowest BCUT2D eigenvalue weighted by Gasteiger charge is -2.19. The molecule has 4 nitrogen and oxygen atoms in total. The molecule has 1 aliphatic heterocycles. The molecule has 45 heavy (non-hydrogen) atoms. The van der Waals surface area contributed by atoms with E-state index in [2.05, 4.69) is 4.98 Å². The number of alkyl halides is 6. The molecule has 1 aromatic heterocycles. The van der Waals surface area contributed by atoms with E-state index in [-0.39, 0.29) is 35.1 Å². The Labute approximate surface area is 256 Å². The highest BCUT2D eigenvalue weighted by Crippen LogP contribution is 2.41. The SMILES string of the molecule is O=S(=O)(c1cc(-c2cccc(-c3c(Cc4ccccc4)cnc4c(C(F)(F)F)cccc34)c2)cc(C(F)(F)F)c1)N1CCCC1. The van der Waals surface area contributed by atoms with Gasteiger partial charge in [0.1, 0.15) is 0 Å². The average molecular weight is 641 g/mol. The molecule has 0 amide bonds. The first-order chi connectivity index (χ1) is 21.3. The van der Waals surface area contributed by atoms with Gasteiger partial charge in [-0.25, -0.2) is 8.42 Å². The monoisotopic (exact) mass is 640 g/mol. The molecule has 0 spiro atoms. The van der Waals surface area contributed by atoms with Gasteiger partial charge in [0.05, 0.1) is 21.5 Å². The second-order valence-corrected chi connectivity index (χ2v) is 12.9. The third-order valence-corrected chi connectivity index (χ3v) is 9.82. The van der Waals surface area contributed by atoms with Crippen LogP contribution >= 0.6 is 0 Å². The summed E-state index contributed by atoms with van der Waals surface area (Å²) in [5.41, 5.74) is 0.433. The third kappa shape index (κ3) is 6.19. The van der Waals surface area contributed by atoms with Gasteiger partial charge in [0.25, 0.3) is 0 Å². The van der Waals surface area contributed by atoms with Gasteiger partial charge in [0, 0.05) is 24.7 Å². The Hall–Kier alpha value is -4.22. The number of hydrogen-bond acceptors (Lipinski definition) is 3. The first-order valence-electron chi connectivity index (χ1n) is 14.2. The Kier molecular flexibility index (Phi) is 7.94. The molecule has 11 heteroatoms. The molecule has 1 aliphatic rings. The predicted octanol–water partition coefficient (Wildman–Crippen LogP) is 8.98. The number of aromatic nitrogens is 1. The Morgan fingerprint density at radius 1 is 0.711 bits per heavy atom. The lowest BCUT2D eigenvalue weighted by Crippen LogP contribution is -2.28. The minimum atomic E-state index is -4.82. The zero-order valence-corrected chi connectivity index (χ0v) is 24.5. The van der Waals surface area contributed by atoms with Crippen molar-refractivity contribution in [3.05, 3.63) is 119 Å². The van der Waals surface area contributed by atoms with E-state index in [9.17, 15) is 34.8 Å². The molecule has 6 rings (SSSR count). The van der Waals surface area contributed by atoms with Crippen molar-refractivity contribution >= 4 is 20.9 Å².